The molecule has 1 aromatic carbocycles. The van der Waals surface area contributed by atoms with Crippen LogP contribution in [0.4, 0.5) is 0 Å². The lowest BCUT2D eigenvalue weighted by atomic mass is 10.0. The number of amides is 1. The number of rotatable bonds is 4. The van der Waals surface area contributed by atoms with Gasteiger partial charge in [0.25, 0.3) is 0 Å². The molecule has 1 amide bonds. The van der Waals surface area contributed by atoms with Gasteiger partial charge >= 0.3 is 0 Å². The normalized spacial score (nSPS) is 22.3. The summed E-state index contributed by atoms with van der Waals surface area (Å²) in [6, 6.07) is 5.57. The molecule has 1 aromatic rings. The molecule has 6 heteroatoms. The Labute approximate surface area is 117 Å². The summed E-state index contributed by atoms with van der Waals surface area (Å²) in [5.41, 5.74) is 7.19. The number of carbonyl (C=O) groups is 1. The Bertz CT molecular complexity index is 467. The molecule has 0 aliphatic carbocycles. The lowest BCUT2D eigenvalue weighted by Gasteiger charge is -2.14. The molecule has 5 nitrogen and oxygen atoms in total. The first-order valence-electron chi connectivity index (χ1n) is 6.28. The van der Waals surface area contributed by atoms with Gasteiger partial charge in [-0.25, -0.2) is 10.9 Å². The van der Waals surface area contributed by atoms with E-state index in [1.54, 1.807) is 13.2 Å². The van der Waals surface area contributed by atoms with Gasteiger partial charge in [0.1, 0.15) is 5.75 Å². The largest absolute Gasteiger partial charge is 0.496 e. The number of hydrogen-bond acceptors (Lipinski definition) is 4. The van der Waals surface area contributed by atoms with Crippen molar-refractivity contribution in [2.24, 2.45) is 0 Å². The zero-order chi connectivity index (χ0) is 13.8. The van der Waals surface area contributed by atoms with Gasteiger partial charge in [-0.1, -0.05) is 18.5 Å². The number of ether oxygens (including phenoxy) is 1. The Morgan fingerprint density at radius 3 is 3.00 bits per heavy atom. The third kappa shape index (κ3) is 3.37. The summed E-state index contributed by atoms with van der Waals surface area (Å²) in [7, 11) is 1.63. The van der Waals surface area contributed by atoms with Crippen molar-refractivity contribution < 1.29 is 9.53 Å². The number of benzene rings is 1. The van der Waals surface area contributed by atoms with E-state index in [9.17, 15) is 4.79 Å². The average Bonchev–Trinajstić information content (AvgIpc) is 2.86. The second-order valence-corrected chi connectivity index (χ2v) is 4.87. The molecular formula is C13H18ClN3O2. The molecule has 2 rings (SSSR count). The van der Waals surface area contributed by atoms with Crippen LogP contribution >= 0.6 is 11.6 Å². The van der Waals surface area contributed by atoms with E-state index in [-0.39, 0.29) is 18.1 Å². The first-order chi connectivity index (χ1) is 9.13. The van der Waals surface area contributed by atoms with Gasteiger partial charge in [-0.2, -0.15) is 0 Å². The van der Waals surface area contributed by atoms with Crippen molar-refractivity contribution in [2.45, 2.75) is 32.0 Å². The number of halogens is 1. The van der Waals surface area contributed by atoms with Crippen LogP contribution in [-0.2, 0) is 4.79 Å². The minimum atomic E-state index is -0.0823. The van der Waals surface area contributed by atoms with Gasteiger partial charge in [0.15, 0.2) is 0 Å². The quantitative estimate of drug-likeness (QED) is 0.788. The molecule has 0 spiro atoms. The first-order valence-corrected chi connectivity index (χ1v) is 6.65. The van der Waals surface area contributed by atoms with Crippen molar-refractivity contribution in [3.8, 4) is 5.75 Å². The molecule has 0 saturated carbocycles. The van der Waals surface area contributed by atoms with Crippen molar-refractivity contribution in [2.75, 3.05) is 7.11 Å². The molecule has 1 heterocycles. The molecule has 0 radical (unpaired) electrons. The number of hydrazine groups is 1. The highest BCUT2D eigenvalue weighted by Gasteiger charge is 2.27. The monoisotopic (exact) mass is 283 g/mol. The van der Waals surface area contributed by atoms with Crippen molar-refractivity contribution >= 4 is 17.5 Å². The summed E-state index contributed by atoms with van der Waals surface area (Å²) >= 11 is 6.02. The van der Waals surface area contributed by atoms with E-state index in [0.29, 0.717) is 11.4 Å². The maximum Gasteiger partial charge on any atom is 0.220 e. The maximum atomic E-state index is 11.4. The van der Waals surface area contributed by atoms with Gasteiger partial charge in [0, 0.05) is 23.4 Å². The summed E-state index contributed by atoms with van der Waals surface area (Å²) in [6.07, 6.45) is 1.13. The van der Waals surface area contributed by atoms with Crippen molar-refractivity contribution in [1.29, 1.82) is 0 Å². The molecular weight excluding hydrogens is 266 g/mol. The highest BCUT2D eigenvalue weighted by atomic mass is 35.5. The second-order valence-electron chi connectivity index (χ2n) is 4.44. The predicted octanol–water partition coefficient (Wildman–Crippen LogP) is 1.74. The fraction of sp³-hybridized carbons (Fsp3) is 0.462. The standard InChI is InChI=1S/C13H18ClN3O2/c1-3-13(18)15-12-7-10(16-17-12)9-6-8(14)4-5-11(9)19-2/h4-6,10,12,16-17H,3,7H2,1-2H3,(H,15,18). The Morgan fingerprint density at radius 1 is 1.53 bits per heavy atom. The first kappa shape index (κ1) is 14.1. The van der Waals surface area contributed by atoms with Crippen molar-refractivity contribution in [1.82, 2.24) is 16.2 Å². The Hall–Kier alpha value is -1.30. The molecule has 1 aliphatic heterocycles. The molecule has 19 heavy (non-hydrogen) atoms. The van der Waals surface area contributed by atoms with E-state index >= 15 is 0 Å². The van der Waals surface area contributed by atoms with Crippen molar-refractivity contribution in [3.63, 3.8) is 0 Å². The van der Waals surface area contributed by atoms with E-state index in [1.807, 2.05) is 19.1 Å². The van der Waals surface area contributed by atoms with Gasteiger partial charge in [0.2, 0.25) is 5.91 Å². The number of carbonyl (C=O) groups excluding carboxylic acids is 1. The van der Waals surface area contributed by atoms with Crippen LogP contribution in [0.3, 0.4) is 0 Å². The Kier molecular flexibility index (Phi) is 4.63. The van der Waals surface area contributed by atoms with E-state index in [4.69, 9.17) is 16.3 Å². The molecule has 1 saturated heterocycles. The molecule has 2 unspecified atom stereocenters. The minimum absolute atomic E-state index is 0.0259. The van der Waals surface area contributed by atoms with E-state index in [0.717, 1.165) is 17.7 Å². The summed E-state index contributed by atoms with van der Waals surface area (Å²) in [5.74, 6) is 0.809. The Morgan fingerprint density at radius 2 is 2.32 bits per heavy atom. The molecule has 104 valence electrons. The van der Waals surface area contributed by atoms with Gasteiger partial charge in [-0.15, -0.1) is 0 Å². The number of methoxy groups -OCH3 is 1. The smallest absolute Gasteiger partial charge is 0.220 e. The molecule has 2 atom stereocenters. The van der Waals surface area contributed by atoms with Gasteiger partial charge in [-0.3, -0.25) is 4.79 Å². The molecule has 0 bridgehead atoms. The van der Waals surface area contributed by atoms with E-state index < -0.39 is 0 Å². The van der Waals surface area contributed by atoms with E-state index in [1.165, 1.54) is 0 Å². The number of hydrogen-bond donors (Lipinski definition) is 3. The highest BCUT2D eigenvalue weighted by Crippen LogP contribution is 2.31. The van der Waals surface area contributed by atoms with Gasteiger partial charge < -0.3 is 10.1 Å². The third-order valence-electron chi connectivity index (χ3n) is 3.13. The maximum absolute atomic E-state index is 11.4. The van der Waals surface area contributed by atoms with Crippen LogP contribution in [-0.4, -0.2) is 19.2 Å². The highest BCUT2D eigenvalue weighted by molar-refractivity contribution is 6.30. The zero-order valence-electron chi connectivity index (χ0n) is 11.0. The van der Waals surface area contributed by atoms with Crippen LogP contribution < -0.4 is 20.9 Å². The lowest BCUT2D eigenvalue weighted by molar-refractivity contribution is -0.121. The summed E-state index contributed by atoms with van der Waals surface area (Å²) in [5, 5.41) is 3.56. The van der Waals surface area contributed by atoms with Crippen LogP contribution in [0.25, 0.3) is 0 Å². The summed E-state index contributed by atoms with van der Waals surface area (Å²) < 4.78 is 5.34. The number of nitrogens with one attached hydrogen (secondary N) is 3. The zero-order valence-corrected chi connectivity index (χ0v) is 11.8. The topological polar surface area (TPSA) is 62.4 Å². The fourth-order valence-corrected chi connectivity index (χ4v) is 2.31. The Balaban J connectivity index is 2.08. The van der Waals surface area contributed by atoms with Crippen LogP contribution in [0.2, 0.25) is 5.02 Å². The molecule has 0 aromatic heterocycles. The van der Waals surface area contributed by atoms with Gasteiger partial charge in [-0.05, 0) is 18.2 Å². The van der Waals surface area contributed by atoms with Crippen LogP contribution in [0.5, 0.6) is 5.75 Å². The summed E-state index contributed by atoms with van der Waals surface area (Å²) in [6.45, 7) is 1.83. The minimum Gasteiger partial charge on any atom is -0.496 e. The van der Waals surface area contributed by atoms with Crippen LogP contribution in [0, 0.1) is 0 Å². The SMILES string of the molecule is CCC(=O)NC1CC(c2cc(Cl)ccc2OC)NN1. The average molecular weight is 284 g/mol. The third-order valence-corrected chi connectivity index (χ3v) is 3.36. The second kappa shape index (κ2) is 6.23. The predicted molar refractivity (Wildman–Crippen MR) is 73.9 cm³/mol. The lowest BCUT2D eigenvalue weighted by Crippen LogP contribution is -2.43. The van der Waals surface area contributed by atoms with Crippen LogP contribution in [0.1, 0.15) is 31.4 Å². The molecule has 1 fully saturated rings. The molecule has 3 N–H and O–H groups in total. The van der Waals surface area contributed by atoms with E-state index in [2.05, 4.69) is 16.2 Å². The van der Waals surface area contributed by atoms with Crippen molar-refractivity contribution in [3.05, 3.63) is 28.8 Å². The molecule has 1 aliphatic rings. The summed E-state index contributed by atoms with van der Waals surface area (Å²) in [4.78, 5) is 11.4. The van der Waals surface area contributed by atoms with Crippen LogP contribution in [0.15, 0.2) is 18.2 Å². The van der Waals surface area contributed by atoms with Gasteiger partial charge in [0.05, 0.1) is 19.3 Å². The fourth-order valence-electron chi connectivity index (χ4n) is 2.13.